The van der Waals surface area contributed by atoms with E-state index in [0.29, 0.717) is 11.0 Å². The van der Waals surface area contributed by atoms with E-state index in [2.05, 4.69) is 26.0 Å². The molecular formula is C11H13BrN4O. The predicted octanol–water partition coefficient (Wildman–Crippen LogP) is 1.58. The second-order valence-corrected chi connectivity index (χ2v) is 4.62. The summed E-state index contributed by atoms with van der Waals surface area (Å²) in [6.45, 7) is 5.24. The van der Waals surface area contributed by atoms with Gasteiger partial charge in [-0.1, -0.05) is 0 Å². The molecule has 17 heavy (non-hydrogen) atoms. The average molecular weight is 297 g/mol. The number of rotatable bonds is 3. The summed E-state index contributed by atoms with van der Waals surface area (Å²) in [5.41, 5.74) is 1.88. The fourth-order valence-electron chi connectivity index (χ4n) is 1.71. The summed E-state index contributed by atoms with van der Waals surface area (Å²) in [4.78, 5) is 15.8. The quantitative estimate of drug-likeness (QED) is 0.864. The lowest BCUT2D eigenvalue weighted by Crippen LogP contribution is -2.22. The monoisotopic (exact) mass is 296 g/mol. The van der Waals surface area contributed by atoms with Crippen LogP contribution in [0.3, 0.4) is 0 Å². The summed E-state index contributed by atoms with van der Waals surface area (Å²) in [5, 5.41) is 4.35. The van der Waals surface area contributed by atoms with Crippen molar-refractivity contribution in [2.45, 2.75) is 26.9 Å². The molecule has 0 atom stereocenters. The molecule has 0 amide bonds. The molecule has 0 fully saturated rings. The number of nitrogens with zero attached hydrogens (tertiary/aromatic N) is 4. The van der Waals surface area contributed by atoms with Crippen molar-refractivity contribution < 1.29 is 0 Å². The number of aryl methyl sites for hydroxylation is 2. The number of aromatic nitrogens is 4. The highest BCUT2D eigenvalue weighted by molar-refractivity contribution is 9.10. The molecule has 2 aromatic heterocycles. The molecule has 0 saturated carbocycles. The van der Waals surface area contributed by atoms with Crippen LogP contribution in [0.25, 0.3) is 0 Å². The Morgan fingerprint density at radius 3 is 2.94 bits per heavy atom. The molecule has 6 heteroatoms. The second-order valence-electron chi connectivity index (χ2n) is 3.77. The van der Waals surface area contributed by atoms with Gasteiger partial charge in [0.25, 0.3) is 5.56 Å². The molecule has 0 spiro atoms. The van der Waals surface area contributed by atoms with Crippen LogP contribution in [0.15, 0.2) is 27.9 Å². The van der Waals surface area contributed by atoms with Gasteiger partial charge < -0.3 is 0 Å². The fraction of sp³-hybridized carbons (Fsp3) is 0.364. The smallest absolute Gasteiger partial charge is 0.267 e. The maximum Gasteiger partial charge on any atom is 0.267 e. The van der Waals surface area contributed by atoms with Gasteiger partial charge in [-0.15, -0.1) is 0 Å². The lowest BCUT2D eigenvalue weighted by molar-refractivity contribution is 0.587. The number of halogens is 1. The first-order valence-electron chi connectivity index (χ1n) is 5.35. The van der Waals surface area contributed by atoms with Crippen LogP contribution in [0, 0.1) is 6.92 Å². The average Bonchev–Trinajstić information content (AvgIpc) is 2.65. The van der Waals surface area contributed by atoms with E-state index < -0.39 is 0 Å². The molecule has 0 saturated heterocycles. The SMILES string of the molecule is CCn1nc(C)cc1Cn1cncc(Br)c1=O. The van der Waals surface area contributed by atoms with Gasteiger partial charge in [0.15, 0.2) is 0 Å². The Bertz CT molecular complexity index is 587. The Kier molecular flexibility index (Phi) is 3.42. The van der Waals surface area contributed by atoms with E-state index in [1.54, 1.807) is 4.57 Å². The third kappa shape index (κ3) is 2.46. The molecule has 0 aliphatic carbocycles. The molecule has 0 radical (unpaired) electrons. The Balaban J connectivity index is 2.37. The van der Waals surface area contributed by atoms with Crippen molar-refractivity contribution in [2.24, 2.45) is 0 Å². The van der Waals surface area contributed by atoms with Gasteiger partial charge in [-0.25, -0.2) is 4.98 Å². The summed E-state index contributed by atoms with van der Waals surface area (Å²) in [7, 11) is 0. The third-order valence-corrected chi connectivity index (χ3v) is 3.02. The van der Waals surface area contributed by atoms with Gasteiger partial charge in [0.1, 0.15) is 4.47 Å². The molecule has 0 aliphatic heterocycles. The zero-order valence-electron chi connectivity index (χ0n) is 9.72. The maximum atomic E-state index is 11.8. The van der Waals surface area contributed by atoms with Crippen LogP contribution in [0.1, 0.15) is 18.3 Å². The number of hydrogen-bond acceptors (Lipinski definition) is 3. The van der Waals surface area contributed by atoms with Crippen molar-refractivity contribution in [2.75, 3.05) is 0 Å². The Morgan fingerprint density at radius 1 is 1.47 bits per heavy atom. The molecule has 0 aliphatic rings. The maximum absolute atomic E-state index is 11.8. The highest BCUT2D eigenvalue weighted by Crippen LogP contribution is 2.06. The van der Waals surface area contributed by atoms with Crippen LogP contribution in [0.2, 0.25) is 0 Å². The molecule has 5 nitrogen and oxygen atoms in total. The Morgan fingerprint density at radius 2 is 2.24 bits per heavy atom. The van der Waals surface area contributed by atoms with Crippen LogP contribution in [0.5, 0.6) is 0 Å². The minimum atomic E-state index is -0.0819. The third-order valence-electron chi connectivity index (χ3n) is 2.48. The van der Waals surface area contributed by atoms with Crippen molar-refractivity contribution in [3.63, 3.8) is 0 Å². The molecule has 0 aromatic carbocycles. The van der Waals surface area contributed by atoms with Crippen LogP contribution >= 0.6 is 15.9 Å². The predicted molar refractivity (Wildman–Crippen MR) is 67.9 cm³/mol. The molecule has 0 unspecified atom stereocenters. The van der Waals surface area contributed by atoms with Gasteiger partial charge in [-0.2, -0.15) is 5.10 Å². The van der Waals surface area contributed by atoms with Crippen LogP contribution in [-0.4, -0.2) is 19.3 Å². The van der Waals surface area contributed by atoms with Crippen molar-refractivity contribution in [3.05, 3.63) is 44.8 Å². The summed E-state index contributed by atoms with van der Waals surface area (Å²) in [5.74, 6) is 0. The highest BCUT2D eigenvalue weighted by Gasteiger charge is 2.07. The zero-order chi connectivity index (χ0) is 12.4. The second kappa shape index (κ2) is 4.83. The first-order valence-corrected chi connectivity index (χ1v) is 6.14. The van der Waals surface area contributed by atoms with E-state index in [1.807, 2.05) is 24.6 Å². The van der Waals surface area contributed by atoms with E-state index in [4.69, 9.17) is 0 Å². The highest BCUT2D eigenvalue weighted by atomic mass is 79.9. The first-order chi connectivity index (χ1) is 8.11. The Hall–Kier alpha value is -1.43. The van der Waals surface area contributed by atoms with Crippen molar-refractivity contribution in [3.8, 4) is 0 Å². The normalized spacial score (nSPS) is 10.8. The molecule has 90 valence electrons. The van der Waals surface area contributed by atoms with Crippen LogP contribution < -0.4 is 5.56 Å². The topological polar surface area (TPSA) is 52.7 Å². The molecular weight excluding hydrogens is 284 g/mol. The molecule has 2 rings (SSSR count). The van der Waals surface area contributed by atoms with E-state index in [0.717, 1.165) is 17.9 Å². The summed E-state index contributed by atoms with van der Waals surface area (Å²) in [6.07, 6.45) is 3.04. The summed E-state index contributed by atoms with van der Waals surface area (Å²) in [6, 6.07) is 1.98. The van der Waals surface area contributed by atoms with E-state index >= 15 is 0 Å². The fourth-order valence-corrected chi connectivity index (χ4v) is 2.06. The zero-order valence-corrected chi connectivity index (χ0v) is 11.3. The van der Waals surface area contributed by atoms with Gasteiger partial charge in [0, 0.05) is 12.7 Å². The van der Waals surface area contributed by atoms with E-state index in [-0.39, 0.29) is 5.56 Å². The van der Waals surface area contributed by atoms with Crippen molar-refractivity contribution in [1.82, 2.24) is 19.3 Å². The van der Waals surface area contributed by atoms with Crippen molar-refractivity contribution >= 4 is 15.9 Å². The van der Waals surface area contributed by atoms with Gasteiger partial charge in [0.2, 0.25) is 0 Å². The molecule has 0 N–H and O–H groups in total. The minimum absolute atomic E-state index is 0.0819. The van der Waals surface area contributed by atoms with E-state index in [1.165, 1.54) is 12.5 Å². The van der Waals surface area contributed by atoms with Crippen molar-refractivity contribution in [1.29, 1.82) is 0 Å². The first kappa shape index (κ1) is 12.0. The lowest BCUT2D eigenvalue weighted by atomic mass is 10.3. The minimum Gasteiger partial charge on any atom is -0.292 e. The largest absolute Gasteiger partial charge is 0.292 e. The Labute approximate surface area is 107 Å². The molecule has 2 heterocycles. The van der Waals surface area contributed by atoms with Crippen LogP contribution in [-0.2, 0) is 13.1 Å². The summed E-state index contributed by atoms with van der Waals surface area (Å²) < 4.78 is 3.93. The standard InChI is InChI=1S/C11H13BrN4O/c1-3-16-9(4-8(2)14-16)6-15-7-13-5-10(12)11(15)17/h4-5,7H,3,6H2,1-2H3. The summed E-state index contributed by atoms with van der Waals surface area (Å²) >= 11 is 3.18. The number of hydrogen-bond donors (Lipinski definition) is 0. The lowest BCUT2D eigenvalue weighted by Gasteiger charge is -2.06. The molecule has 2 aromatic rings. The van der Waals surface area contributed by atoms with Crippen LogP contribution in [0.4, 0.5) is 0 Å². The van der Waals surface area contributed by atoms with E-state index in [9.17, 15) is 4.79 Å². The van der Waals surface area contributed by atoms with Gasteiger partial charge in [0.05, 0.1) is 24.3 Å². The van der Waals surface area contributed by atoms with Gasteiger partial charge in [-0.3, -0.25) is 14.0 Å². The molecule has 0 bridgehead atoms. The van der Waals surface area contributed by atoms with Gasteiger partial charge >= 0.3 is 0 Å². The van der Waals surface area contributed by atoms with Gasteiger partial charge in [-0.05, 0) is 35.8 Å².